The molecule has 9 heteroatoms. The van der Waals surface area contributed by atoms with Crippen molar-refractivity contribution in [3.05, 3.63) is 146 Å². The predicted octanol–water partition coefficient (Wildman–Crippen LogP) is 23.5. The van der Waals surface area contributed by atoms with Crippen LogP contribution < -0.4 is 0 Å². The van der Waals surface area contributed by atoms with Gasteiger partial charge in [0.1, 0.15) is 13.2 Å². The van der Waals surface area contributed by atoms with Crippen LogP contribution in [0, 0.1) is 0 Å². The van der Waals surface area contributed by atoms with Crippen LogP contribution in [0.4, 0.5) is 0 Å². The number of carbonyl (C=O) groups is 3. The van der Waals surface area contributed by atoms with Gasteiger partial charge in [0.05, 0.1) is 34.4 Å². The molecule has 0 aliphatic carbocycles. The first-order chi connectivity index (χ1) is 44.6. The normalized spacial score (nSPS) is 13.5. The first-order valence-electron chi connectivity index (χ1n) is 37.0. The molecule has 9 nitrogen and oxygen atoms in total. The van der Waals surface area contributed by atoms with Crippen LogP contribution in [0.3, 0.4) is 0 Å². The molecular formula is C82H138NO8+. The van der Waals surface area contributed by atoms with Crippen molar-refractivity contribution in [3.8, 4) is 0 Å². The first kappa shape index (κ1) is 86.2. The summed E-state index contributed by atoms with van der Waals surface area (Å²) in [5, 5.41) is 9.76. The quantitative estimate of drug-likeness (QED) is 0.0211. The standard InChI is InChI=1S/C82H137NO8/c1-6-8-10-12-14-16-18-20-22-24-26-28-30-32-34-36-37-38-39-40-41-42-43-45-46-48-50-52-54-56-58-60-62-64-66-68-70-72-79(84)89-76-78(77-90-82(81(86)87)88-75-74-83(3,4)5)91-80(85)73-71-69-67-65-63-61-59-57-55-53-51-49-47-44-35-33-31-29-27-25-23-21-19-17-15-13-11-9-7-2/h8-11,14-17,20-23,26-29,33,35,47,49,53,55,59,61,78,82H,6-7,12-13,18-19,24-25,30-32,34,36-46,48,50-52,54,56-58,60,62-77H2,1-5H3/p+1/b10-8-,11-9-,16-14-,17-15-,22-20-,23-21-,28-26-,29-27-,35-33-,49-47-,55-53-,61-59-. The molecule has 0 aromatic carbocycles. The summed E-state index contributed by atoms with van der Waals surface area (Å²) in [4.78, 5) is 37.7. The van der Waals surface area contributed by atoms with E-state index in [2.05, 4.69) is 160 Å². The van der Waals surface area contributed by atoms with Gasteiger partial charge in [0.15, 0.2) is 6.10 Å². The van der Waals surface area contributed by atoms with Crippen molar-refractivity contribution >= 4 is 17.9 Å². The van der Waals surface area contributed by atoms with Gasteiger partial charge in [0.2, 0.25) is 0 Å². The van der Waals surface area contributed by atoms with Crippen LogP contribution >= 0.6 is 0 Å². The van der Waals surface area contributed by atoms with Gasteiger partial charge in [-0.15, -0.1) is 0 Å². The molecule has 0 heterocycles. The van der Waals surface area contributed by atoms with Gasteiger partial charge < -0.3 is 28.5 Å². The van der Waals surface area contributed by atoms with Crippen LogP contribution in [0.15, 0.2) is 146 Å². The average Bonchev–Trinajstić information content (AvgIpc) is 3.66. The largest absolute Gasteiger partial charge is 0.477 e. The van der Waals surface area contributed by atoms with E-state index in [1.165, 1.54) is 141 Å². The Labute approximate surface area is 560 Å². The number of likely N-dealkylation sites (N-methyl/N-ethyl adjacent to an activating group) is 1. The van der Waals surface area contributed by atoms with Crippen molar-refractivity contribution in [1.29, 1.82) is 0 Å². The number of rotatable bonds is 67. The molecule has 518 valence electrons. The Morgan fingerprint density at radius 3 is 0.879 bits per heavy atom. The summed E-state index contributed by atoms with van der Waals surface area (Å²) in [6, 6.07) is 0. The third kappa shape index (κ3) is 72.5. The van der Waals surface area contributed by atoms with E-state index in [9.17, 15) is 19.5 Å². The molecule has 0 bridgehead atoms. The number of carboxylic acid groups (broad SMARTS) is 1. The Kier molecular flexibility index (Phi) is 67.3. The van der Waals surface area contributed by atoms with Gasteiger partial charge in [0, 0.05) is 12.8 Å². The number of esters is 2. The molecule has 0 aliphatic heterocycles. The second-order valence-corrected chi connectivity index (χ2v) is 25.5. The maximum absolute atomic E-state index is 12.9. The molecule has 0 aliphatic rings. The second-order valence-electron chi connectivity index (χ2n) is 25.5. The molecule has 1 N–H and O–H groups in total. The Morgan fingerprint density at radius 1 is 0.330 bits per heavy atom. The summed E-state index contributed by atoms with van der Waals surface area (Å²) >= 11 is 0. The summed E-state index contributed by atoms with van der Waals surface area (Å²) in [7, 11) is 5.96. The summed E-state index contributed by atoms with van der Waals surface area (Å²) in [5.41, 5.74) is 0. The van der Waals surface area contributed by atoms with E-state index >= 15 is 0 Å². The minimum absolute atomic E-state index is 0.176. The molecule has 0 aromatic heterocycles. The maximum atomic E-state index is 12.9. The number of hydrogen-bond donors (Lipinski definition) is 1. The van der Waals surface area contributed by atoms with Gasteiger partial charge in [-0.05, 0) is 116 Å². The molecule has 0 radical (unpaired) electrons. The average molecular weight is 1270 g/mol. The Balaban J connectivity index is 4.11. The molecule has 2 atom stereocenters. The van der Waals surface area contributed by atoms with E-state index in [-0.39, 0.29) is 32.2 Å². The predicted molar refractivity (Wildman–Crippen MR) is 391 cm³/mol. The highest BCUT2D eigenvalue weighted by molar-refractivity contribution is 5.71. The van der Waals surface area contributed by atoms with E-state index < -0.39 is 24.3 Å². The zero-order chi connectivity index (χ0) is 66.1. The molecule has 2 unspecified atom stereocenters. The Morgan fingerprint density at radius 2 is 0.593 bits per heavy atom. The smallest absolute Gasteiger partial charge is 0.361 e. The zero-order valence-electron chi connectivity index (χ0n) is 59.2. The fourth-order valence-electron chi connectivity index (χ4n) is 10.0. The van der Waals surface area contributed by atoms with Crippen LogP contribution in [0.2, 0.25) is 0 Å². The van der Waals surface area contributed by atoms with Crippen LogP contribution in [0.5, 0.6) is 0 Å². The highest BCUT2D eigenvalue weighted by Crippen LogP contribution is 2.18. The lowest BCUT2D eigenvalue weighted by atomic mass is 10.0. The number of aliphatic carboxylic acids is 1. The third-order valence-corrected chi connectivity index (χ3v) is 15.6. The van der Waals surface area contributed by atoms with Crippen molar-refractivity contribution in [2.24, 2.45) is 0 Å². The monoisotopic (exact) mass is 1270 g/mol. The molecule has 0 saturated heterocycles. The Hall–Kier alpha value is -4.83. The molecule has 0 aromatic rings. The number of quaternary nitrogens is 1. The number of hydrogen-bond acceptors (Lipinski definition) is 7. The number of ether oxygens (including phenoxy) is 4. The van der Waals surface area contributed by atoms with E-state index in [0.29, 0.717) is 23.9 Å². The number of nitrogens with zero attached hydrogens (tertiary/aromatic N) is 1. The van der Waals surface area contributed by atoms with Gasteiger partial charge in [-0.25, -0.2) is 4.79 Å². The van der Waals surface area contributed by atoms with Crippen molar-refractivity contribution in [1.82, 2.24) is 0 Å². The Bertz CT molecular complexity index is 2010. The minimum atomic E-state index is -1.53. The van der Waals surface area contributed by atoms with Crippen molar-refractivity contribution < 1.29 is 42.9 Å². The van der Waals surface area contributed by atoms with Gasteiger partial charge in [-0.2, -0.15) is 0 Å². The molecule has 0 rings (SSSR count). The summed E-state index contributed by atoms with van der Waals surface area (Å²) in [6.45, 7) is 4.63. The van der Waals surface area contributed by atoms with Crippen LogP contribution in [-0.2, 0) is 33.3 Å². The third-order valence-electron chi connectivity index (χ3n) is 15.6. The van der Waals surface area contributed by atoms with E-state index in [0.717, 1.165) is 122 Å². The van der Waals surface area contributed by atoms with Gasteiger partial charge in [0.25, 0.3) is 6.29 Å². The molecular weight excluding hydrogens is 1130 g/mol. The van der Waals surface area contributed by atoms with Crippen LogP contribution in [0.25, 0.3) is 0 Å². The highest BCUT2D eigenvalue weighted by atomic mass is 16.7. The fraction of sp³-hybridized carbons (Fsp3) is 0.671. The highest BCUT2D eigenvalue weighted by Gasteiger charge is 2.25. The zero-order valence-corrected chi connectivity index (χ0v) is 59.2. The van der Waals surface area contributed by atoms with Crippen molar-refractivity contribution in [2.45, 2.75) is 309 Å². The second kappa shape index (κ2) is 71.0. The first-order valence-corrected chi connectivity index (χ1v) is 37.0. The molecule has 0 amide bonds. The number of unbranched alkanes of at least 4 members (excludes halogenated alkanes) is 28. The number of carboxylic acids is 1. The number of allylic oxidation sites excluding steroid dienone is 24. The molecule has 0 saturated carbocycles. The molecule has 0 fully saturated rings. The number of carbonyl (C=O) groups excluding carboxylic acids is 2. The topological polar surface area (TPSA) is 108 Å². The van der Waals surface area contributed by atoms with E-state index in [4.69, 9.17) is 18.9 Å². The van der Waals surface area contributed by atoms with E-state index in [1.807, 2.05) is 21.1 Å². The summed E-state index contributed by atoms with van der Waals surface area (Å²) in [6.07, 6.45) is 101. The van der Waals surface area contributed by atoms with Crippen molar-refractivity contribution in [2.75, 3.05) is 47.5 Å². The molecule has 0 spiro atoms. The van der Waals surface area contributed by atoms with Crippen LogP contribution in [0.1, 0.15) is 296 Å². The lowest BCUT2D eigenvalue weighted by Gasteiger charge is -2.25. The van der Waals surface area contributed by atoms with Gasteiger partial charge in [-0.1, -0.05) is 314 Å². The summed E-state index contributed by atoms with van der Waals surface area (Å²) < 4.78 is 23.0. The van der Waals surface area contributed by atoms with Gasteiger partial charge in [-0.3, -0.25) is 9.59 Å². The summed E-state index contributed by atoms with van der Waals surface area (Å²) in [5.74, 6) is -2.04. The maximum Gasteiger partial charge on any atom is 0.361 e. The van der Waals surface area contributed by atoms with Crippen molar-refractivity contribution in [3.63, 3.8) is 0 Å². The lowest BCUT2D eigenvalue weighted by Crippen LogP contribution is -2.40. The van der Waals surface area contributed by atoms with E-state index in [1.54, 1.807) is 0 Å². The van der Waals surface area contributed by atoms with Gasteiger partial charge >= 0.3 is 17.9 Å². The molecule has 91 heavy (non-hydrogen) atoms. The lowest BCUT2D eigenvalue weighted by molar-refractivity contribution is -0.870. The SMILES string of the molecule is CC/C=C\C/C=C\C/C=C\C/C=C\C/C=C\C/C=C\C/C=C\C/C=C\CCCCCCC(=O)OC(COC(=O)CCCCCCCCCCCCCCCCCCCCCCCCCC/C=C\C/C=C\C/C=C\C/C=C\CC)COC(OCC[N+](C)(C)C)C(=O)O. The fourth-order valence-corrected chi connectivity index (χ4v) is 10.0. The van der Waals surface area contributed by atoms with Crippen LogP contribution in [-0.4, -0.2) is 87.4 Å². The minimum Gasteiger partial charge on any atom is -0.477 e.